The zero-order chi connectivity index (χ0) is 14.8. The number of imidazole rings is 1. The lowest BCUT2D eigenvalue weighted by atomic mass is 10.2. The molecule has 0 fully saturated rings. The summed E-state index contributed by atoms with van der Waals surface area (Å²) in [4.78, 5) is 8.73. The summed E-state index contributed by atoms with van der Waals surface area (Å²) in [6, 6.07) is 9.57. The first kappa shape index (κ1) is 14.1. The fourth-order valence-electron chi connectivity index (χ4n) is 2.23. The van der Waals surface area contributed by atoms with Crippen LogP contribution in [0.3, 0.4) is 0 Å². The number of hydrogen-bond donors (Lipinski definition) is 0. The Balaban J connectivity index is 1.97. The first-order valence-corrected chi connectivity index (χ1v) is 7.27. The van der Waals surface area contributed by atoms with Crippen LogP contribution in [0.2, 0.25) is 10.0 Å². The van der Waals surface area contributed by atoms with Gasteiger partial charge in [-0.05, 0) is 36.8 Å². The molecule has 3 aromatic rings. The minimum Gasteiger partial charge on any atom is -0.326 e. The van der Waals surface area contributed by atoms with Crippen LogP contribution in [0.4, 0.5) is 0 Å². The van der Waals surface area contributed by atoms with E-state index in [1.807, 2.05) is 49.6 Å². The van der Waals surface area contributed by atoms with Crippen LogP contribution in [0.25, 0.3) is 11.4 Å². The van der Waals surface area contributed by atoms with Crippen molar-refractivity contribution >= 4 is 23.2 Å². The van der Waals surface area contributed by atoms with Crippen molar-refractivity contribution in [2.24, 2.45) is 0 Å². The van der Waals surface area contributed by atoms with Crippen molar-refractivity contribution < 1.29 is 0 Å². The van der Waals surface area contributed by atoms with E-state index in [1.54, 1.807) is 6.20 Å². The monoisotopic (exact) mass is 317 g/mol. The van der Waals surface area contributed by atoms with Gasteiger partial charge < -0.3 is 4.57 Å². The topological polar surface area (TPSA) is 30.7 Å². The van der Waals surface area contributed by atoms with E-state index in [2.05, 4.69) is 14.5 Å². The van der Waals surface area contributed by atoms with E-state index in [-0.39, 0.29) is 0 Å². The number of rotatable bonds is 3. The fraction of sp³-hybridized carbons (Fsp3) is 0.125. The molecule has 0 saturated heterocycles. The molecule has 0 bridgehead atoms. The minimum absolute atomic E-state index is 0.564. The smallest absolute Gasteiger partial charge is 0.142 e. The number of pyridine rings is 1. The molecule has 21 heavy (non-hydrogen) atoms. The van der Waals surface area contributed by atoms with Gasteiger partial charge in [-0.3, -0.25) is 4.98 Å². The van der Waals surface area contributed by atoms with Crippen LogP contribution in [0, 0.1) is 6.92 Å². The maximum Gasteiger partial charge on any atom is 0.142 e. The largest absolute Gasteiger partial charge is 0.326 e. The maximum atomic E-state index is 6.08. The van der Waals surface area contributed by atoms with E-state index in [0.29, 0.717) is 16.6 Å². The van der Waals surface area contributed by atoms with Crippen molar-refractivity contribution in [1.82, 2.24) is 14.5 Å². The highest BCUT2D eigenvalue weighted by Gasteiger charge is 2.09. The molecule has 106 valence electrons. The average molecular weight is 318 g/mol. The molecule has 5 heteroatoms. The van der Waals surface area contributed by atoms with Crippen LogP contribution in [0.1, 0.15) is 11.3 Å². The summed E-state index contributed by atoms with van der Waals surface area (Å²) >= 11 is 12.0. The van der Waals surface area contributed by atoms with Gasteiger partial charge >= 0.3 is 0 Å². The second kappa shape index (κ2) is 5.88. The molecule has 0 aliphatic rings. The Labute approximate surface area is 133 Å². The van der Waals surface area contributed by atoms with E-state index in [9.17, 15) is 0 Å². The number of nitrogens with zero attached hydrogens (tertiary/aromatic N) is 3. The highest BCUT2D eigenvalue weighted by atomic mass is 35.5. The summed E-state index contributed by atoms with van der Waals surface area (Å²) in [5.74, 6) is 0.895. The third kappa shape index (κ3) is 3.09. The predicted octanol–water partition coefficient (Wildman–Crippen LogP) is 4.61. The fourth-order valence-corrected chi connectivity index (χ4v) is 2.55. The molecule has 3 nitrogen and oxygen atoms in total. The second-order valence-corrected chi connectivity index (χ2v) is 5.64. The van der Waals surface area contributed by atoms with Crippen LogP contribution < -0.4 is 0 Å². The van der Waals surface area contributed by atoms with Crippen molar-refractivity contribution in [3.05, 3.63) is 70.2 Å². The van der Waals surface area contributed by atoms with Gasteiger partial charge in [0.05, 0.1) is 15.7 Å². The van der Waals surface area contributed by atoms with Crippen molar-refractivity contribution in [1.29, 1.82) is 0 Å². The first-order chi connectivity index (χ1) is 10.1. The number of benzene rings is 1. The Kier molecular flexibility index (Phi) is 3.95. The molecule has 0 amide bonds. The molecule has 0 aliphatic heterocycles. The van der Waals surface area contributed by atoms with Crippen molar-refractivity contribution in [3.8, 4) is 11.4 Å². The number of halogens is 2. The molecular weight excluding hydrogens is 305 g/mol. The van der Waals surface area contributed by atoms with Crippen LogP contribution in [-0.4, -0.2) is 14.5 Å². The molecule has 2 aromatic heterocycles. The van der Waals surface area contributed by atoms with Gasteiger partial charge in [0, 0.05) is 30.7 Å². The summed E-state index contributed by atoms with van der Waals surface area (Å²) < 4.78 is 2.09. The summed E-state index contributed by atoms with van der Waals surface area (Å²) in [5.41, 5.74) is 3.03. The van der Waals surface area contributed by atoms with E-state index >= 15 is 0 Å². The Morgan fingerprint density at radius 3 is 2.71 bits per heavy atom. The number of aryl methyl sites for hydroxylation is 1. The van der Waals surface area contributed by atoms with Crippen LogP contribution in [0.15, 0.2) is 48.9 Å². The highest BCUT2D eigenvalue weighted by molar-refractivity contribution is 6.42. The molecule has 0 radical (unpaired) electrons. The minimum atomic E-state index is 0.564. The number of hydrogen-bond acceptors (Lipinski definition) is 2. The second-order valence-electron chi connectivity index (χ2n) is 4.82. The Bertz CT molecular complexity index is 766. The predicted molar refractivity (Wildman–Crippen MR) is 85.8 cm³/mol. The molecule has 1 aromatic carbocycles. The van der Waals surface area contributed by atoms with E-state index in [4.69, 9.17) is 23.2 Å². The Morgan fingerprint density at radius 2 is 2.00 bits per heavy atom. The van der Waals surface area contributed by atoms with E-state index in [1.165, 1.54) is 0 Å². The lowest BCUT2D eigenvalue weighted by molar-refractivity contribution is 0.806. The standard InChI is InChI=1S/C16H13Cl2N3/c1-11-9-21(10-12-4-5-14(17)15(18)7-12)16(20-11)13-3-2-6-19-8-13/h2-9H,10H2,1H3. The quantitative estimate of drug-likeness (QED) is 0.706. The van der Waals surface area contributed by atoms with Crippen molar-refractivity contribution in [2.45, 2.75) is 13.5 Å². The van der Waals surface area contributed by atoms with Crippen molar-refractivity contribution in [2.75, 3.05) is 0 Å². The van der Waals surface area contributed by atoms with Gasteiger partial charge in [0.2, 0.25) is 0 Å². The lowest BCUT2D eigenvalue weighted by Gasteiger charge is -2.08. The summed E-state index contributed by atoms with van der Waals surface area (Å²) in [6.45, 7) is 2.66. The van der Waals surface area contributed by atoms with Gasteiger partial charge in [-0.1, -0.05) is 29.3 Å². The summed E-state index contributed by atoms with van der Waals surface area (Å²) in [5, 5.41) is 1.13. The molecule has 0 aliphatic carbocycles. The van der Waals surface area contributed by atoms with Crippen LogP contribution in [0.5, 0.6) is 0 Å². The Hall–Kier alpha value is -1.84. The molecule has 2 heterocycles. The van der Waals surface area contributed by atoms with Gasteiger partial charge in [0.25, 0.3) is 0 Å². The van der Waals surface area contributed by atoms with Crippen molar-refractivity contribution in [3.63, 3.8) is 0 Å². The SMILES string of the molecule is Cc1cn(Cc2ccc(Cl)c(Cl)c2)c(-c2cccnc2)n1. The zero-order valence-electron chi connectivity index (χ0n) is 11.4. The van der Waals surface area contributed by atoms with E-state index < -0.39 is 0 Å². The first-order valence-electron chi connectivity index (χ1n) is 6.51. The van der Waals surface area contributed by atoms with Gasteiger partial charge in [-0.15, -0.1) is 0 Å². The molecule has 0 N–H and O–H groups in total. The van der Waals surface area contributed by atoms with E-state index in [0.717, 1.165) is 22.6 Å². The molecular formula is C16H13Cl2N3. The molecule has 0 saturated carbocycles. The molecule has 0 unspecified atom stereocenters. The van der Waals surface area contributed by atoms with Gasteiger partial charge in [-0.2, -0.15) is 0 Å². The average Bonchev–Trinajstić information content (AvgIpc) is 2.85. The van der Waals surface area contributed by atoms with Crippen LogP contribution >= 0.6 is 23.2 Å². The summed E-state index contributed by atoms with van der Waals surface area (Å²) in [6.07, 6.45) is 5.58. The lowest BCUT2D eigenvalue weighted by Crippen LogP contribution is -2.01. The van der Waals surface area contributed by atoms with Gasteiger partial charge in [0.15, 0.2) is 0 Å². The third-order valence-corrected chi connectivity index (χ3v) is 3.89. The Morgan fingerprint density at radius 1 is 1.14 bits per heavy atom. The molecule has 0 spiro atoms. The summed E-state index contributed by atoms with van der Waals surface area (Å²) in [7, 11) is 0. The maximum absolute atomic E-state index is 6.08. The molecule has 3 rings (SSSR count). The third-order valence-electron chi connectivity index (χ3n) is 3.15. The van der Waals surface area contributed by atoms with Gasteiger partial charge in [0.1, 0.15) is 5.82 Å². The number of aromatic nitrogens is 3. The molecule has 0 atom stereocenters. The highest BCUT2D eigenvalue weighted by Crippen LogP contribution is 2.24. The van der Waals surface area contributed by atoms with Crippen LogP contribution in [-0.2, 0) is 6.54 Å². The normalized spacial score (nSPS) is 10.8. The zero-order valence-corrected chi connectivity index (χ0v) is 12.9. The van der Waals surface area contributed by atoms with Gasteiger partial charge in [-0.25, -0.2) is 4.98 Å².